The molecular weight excluding hydrogens is 330 g/mol. The third-order valence-electron chi connectivity index (χ3n) is 3.47. The summed E-state index contributed by atoms with van der Waals surface area (Å²) in [5, 5.41) is -0.980. The first-order valence-electron chi connectivity index (χ1n) is 6.65. The molecule has 1 saturated heterocycles. The molecule has 1 atom stereocenters. The molecule has 118 valence electrons. The van der Waals surface area contributed by atoms with Gasteiger partial charge in [-0.05, 0) is 18.1 Å². The number of rotatable bonds is 4. The Morgan fingerprint density at radius 2 is 1.90 bits per heavy atom. The Morgan fingerprint density at radius 1 is 1.24 bits per heavy atom. The number of benzene rings is 1. The lowest BCUT2D eigenvalue weighted by atomic mass is 10.2. The van der Waals surface area contributed by atoms with Gasteiger partial charge in [0.2, 0.25) is 10.0 Å². The van der Waals surface area contributed by atoms with Gasteiger partial charge in [0.25, 0.3) is 0 Å². The molecule has 8 heteroatoms. The van der Waals surface area contributed by atoms with Gasteiger partial charge in [-0.1, -0.05) is 25.1 Å². The van der Waals surface area contributed by atoms with Crippen LogP contribution in [-0.4, -0.2) is 50.8 Å². The van der Waals surface area contributed by atoms with Crippen LogP contribution >= 0.6 is 11.8 Å². The normalized spacial score (nSPS) is 21.3. The van der Waals surface area contributed by atoms with Crippen LogP contribution in [-0.2, 0) is 26.3 Å². The van der Waals surface area contributed by atoms with Crippen molar-refractivity contribution in [1.29, 1.82) is 0 Å². The highest BCUT2D eigenvalue weighted by molar-refractivity contribution is 8.01. The van der Waals surface area contributed by atoms with Crippen molar-refractivity contribution in [2.24, 2.45) is 0 Å². The van der Waals surface area contributed by atoms with Gasteiger partial charge in [-0.3, -0.25) is 0 Å². The molecule has 0 unspecified atom stereocenters. The van der Waals surface area contributed by atoms with Gasteiger partial charge in [0, 0.05) is 24.3 Å². The van der Waals surface area contributed by atoms with E-state index >= 15 is 0 Å². The fraction of sp³-hybridized carbons (Fsp3) is 0.538. The number of hydrogen-bond acceptors (Lipinski definition) is 5. The topological polar surface area (TPSA) is 71.5 Å². The second-order valence-corrected chi connectivity index (χ2v) is 10.1. The summed E-state index contributed by atoms with van der Waals surface area (Å²) in [6.07, 6.45) is 1.68. The average Bonchev–Trinajstić information content (AvgIpc) is 2.46. The van der Waals surface area contributed by atoms with Gasteiger partial charge in [0.15, 0.2) is 9.84 Å². The zero-order valence-electron chi connectivity index (χ0n) is 12.0. The number of sulfone groups is 1. The zero-order valence-corrected chi connectivity index (χ0v) is 14.5. The van der Waals surface area contributed by atoms with Gasteiger partial charge in [0.05, 0.1) is 4.90 Å². The van der Waals surface area contributed by atoms with Gasteiger partial charge in [-0.15, -0.1) is 0 Å². The minimum absolute atomic E-state index is 0.216. The Kier molecular flexibility index (Phi) is 5.02. The van der Waals surface area contributed by atoms with Gasteiger partial charge in [-0.2, -0.15) is 16.1 Å². The highest BCUT2D eigenvalue weighted by Crippen LogP contribution is 2.28. The van der Waals surface area contributed by atoms with Crippen LogP contribution in [0.1, 0.15) is 12.5 Å². The van der Waals surface area contributed by atoms with Crippen LogP contribution in [0.4, 0.5) is 0 Å². The minimum Gasteiger partial charge on any atom is -0.227 e. The van der Waals surface area contributed by atoms with Crippen molar-refractivity contribution in [3.63, 3.8) is 0 Å². The predicted molar refractivity (Wildman–Crippen MR) is 85.7 cm³/mol. The lowest BCUT2D eigenvalue weighted by Gasteiger charge is -2.33. The summed E-state index contributed by atoms with van der Waals surface area (Å²) < 4.78 is 50.7. The largest absolute Gasteiger partial charge is 0.244 e. The maximum Gasteiger partial charge on any atom is 0.244 e. The molecule has 5 nitrogen and oxygen atoms in total. The molecule has 21 heavy (non-hydrogen) atoms. The smallest absolute Gasteiger partial charge is 0.227 e. The monoisotopic (exact) mass is 349 g/mol. The molecule has 0 spiro atoms. The van der Waals surface area contributed by atoms with Gasteiger partial charge >= 0.3 is 0 Å². The summed E-state index contributed by atoms with van der Waals surface area (Å²) in [6, 6.07) is 6.77. The molecular formula is C13H19NO4S3. The predicted octanol–water partition coefficient (Wildman–Crippen LogP) is 1.36. The molecule has 2 rings (SSSR count). The Hall–Kier alpha value is -0.570. The van der Waals surface area contributed by atoms with Crippen LogP contribution in [0.2, 0.25) is 0 Å². The molecule has 1 aromatic carbocycles. The molecule has 0 N–H and O–H groups in total. The molecule has 1 fully saturated rings. The minimum atomic E-state index is -3.80. The maximum atomic E-state index is 12.9. The number of nitrogens with zero attached hydrogens (tertiary/aromatic N) is 1. The highest BCUT2D eigenvalue weighted by Gasteiger charge is 2.39. The number of aryl methyl sites for hydroxylation is 1. The van der Waals surface area contributed by atoms with Crippen LogP contribution in [0.25, 0.3) is 0 Å². The SMILES string of the molecule is CCc1ccccc1S(=O)(=O)N1CCSC[C@H]1S(C)(=O)=O. The molecule has 1 aliphatic heterocycles. The molecule has 0 aliphatic carbocycles. The molecule has 0 radical (unpaired) electrons. The number of hydrogen-bond donors (Lipinski definition) is 0. The van der Waals surface area contributed by atoms with Crippen molar-refractivity contribution < 1.29 is 16.8 Å². The third-order valence-corrected chi connectivity index (χ3v) is 8.26. The van der Waals surface area contributed by atoms with Crippen molar-refractivity contribution in [1.82, 2.24) is 4.31 Å². The van der Waals surface area contributed by atoms with Crippen LogP contribution in [0.15, 0.2) is 29.2 Å². The van der Waals surface area contributed by atoms with Crippen LogP contribution in [0.5, 0.6) is 0 Å². The van der Waals surface area contributed by atoms with Crippen LogP contribution in [0.3, 0.4) is 0 Å². The van der Waals surface area contributed by atoms with Gasteiger partial charge in [0.1, 0.15) is 5.37 Å². The Morgan fingerprint density at radius 3 is 2.52 bits per heavy atom. The number of sulfonamides is 1. The van der Waals surface area contributed by atoms with Crippen molar-refractivity contribution in [3.05, 3.63) is 29.8 Å². The van der Waals surface area contributed by atoms with E-state index in [4.69, 9.17) is 0 Å². The van der Waals surface area contributed by atoms with E-state index in [0.717, 1.165) is 10.6 Å². The molecule has 0 amide bonds. The summed E-state index contributed by atoms with van der Waals surface area (Å²) in [5.41, 5.74) is 0.711. The van der Waals surface area contributed by atoms with Crippen molar-refractivity contribution in [2.75, 3.05) is 24.3 Å². The van der Waals surface area contributed by atoms with Crippen molar-refractivity contribution in [3.8, 4) is 0 Å². The molecule has 1 aliphatic rings. The molecule has 1 aromatic rings. The first-order chi connectivity index (χ1) is 9.78. The van der Waals surface area contributed by atoms with Crippen molar-refractivity contribution >= 4 is 31.6 Å². The fourth-order valence-electron chi connectivity index (χ4n) is 2.35. The summed E-state index contributed by atoms with van der Waals surface area (Å²) in [6.45, 7) is 2.11. The number of thioether (sulfide) groups is 1. The highest BCUT2D eigenvalue weighted by atomic mass is 32.2. The van der Waals surface area contributed by atoms with E-state index in [1.165, 1.54) is 11.8 Å². The molecule has 1 heterocycles. The summed E-state index contributed by atoms with van der Waals surface area (Å²) in [4.78, 5) is 0.216. The van der Waals surface area contributed by atoms with E-state index in [0.29, 0.717) is 17.7 Å². The van der Waals surface area contributed by atoms with E-state index in [-0.39, 0.29) is 17.2 Å². The maximum absolute atomic E-state index is 12.9. The van der Waals surface area contributed by atoms with E-state index < -0.39 is 25.2 Å². The van der Waals surface area contributed by atoms with E-state index in [1.807, 2.05) is 6.92 Å². The summed E-state index contributed by atoms with van der Waals surface area (Å²) in [5.74, 6) is 0.895. The molecule has 0 aromatic heterocycles. The second-order valence-electron chi connectivity index (χ2n) is 4.94. The van der Waals surface area contributed by atoms with E-state index in [9.17, 15) is 16.8 Å². The lowest BCUT2D eigenvalue weighted by Crippen LogP contribution is -2.49. The standard InChI is InChI=1S/C13H19NO4S3/c1-3-11-6-4-5-7-12(11)21(17,18)14-8-9-19-10-13(14)20(2,15)16/h4-7,13H,3,8-10H2,1-2H3/t13-/m1/s1. The molecule has 0 bridgehead atoms. The summed E-state index contributed by atoms with van der Waals surface area (Å²) in [7, 11) is -7.26. The van der Waals surface area contributed by atoms with E-state index in [2.05, 4.69) is 0 Å². The van der Waals surface area contributed by atoms with E-state index in [1.54, 1.807) is 24.3 Å². The molecule has 0 saturated carbocycles. The second kappa shape index (κ2) is 6.28. The van der Waals surface area contributed by atoms with Crippen LogP contribution < -0.4 is 0 Å². The zero-order chi connectivity index (χ0) is 15.7. The Balaban J connectivity index is 2.51. The van der Waals surface area contributed by atoms with Gasteiger partial charge in [-0.25, -0.2) is 16.8 Å². The average molecular weight is 349 g/mol. The quantitative estimate of drug-likeness (QED) is 0.821. The lowest BCUT2D eigenvalue weighted by molar-refractivity contribution is 0.404. The Labute approximate surface area is 130 Å². The van der Waals surface area contributed by atoms with Gasteiger partial charge < -0.3 is 0 Å². The first kappa shape index (κ1) is 16.8. The van der Waals surface area contributed by atoms with Crippen LogP contribution in [0, 0.1) is 0 Å². The fourth-order valence-corrected chi connectivity index (χ4v) is 7.82. The third kappa shape index (κ3) is 3.44. The van der Waals surface area contributed by atoms with Crippen molar-refractivity contribution in [2.45, 2.75) is 23.6 Å². The summed E-state index contributed by atoms with van der Waals surface area (Å²) >= 11 is 1.47. The Bertz CT molecular complexity index is 713. The first-order valence-corrected chi connectivity index (χ1v) is 11.2.